The number of pyridine rings is 1. The van der Waals surface area contributed by atoms with E-state index in [9.17, 15) is 0 Å². The van der Waals surface area contributed by atoms with Crippen LogP contribution in [-0.2, 0) is 0 Å². The van der Waals surface area contributed by atoms with Crippen LogP contribution in [0.2, 0.25) is 0 Å². The second kappa shape index (κ2) is 11.4. The highest BCUT2D eigenvalue weighted by Gasteiger charge is 2.20. The summed E-state index contributed by atoms with van der Waals surface area (Å²) < 4.78 is 8.42. The fourth-order valence-electron chi connectivity index (χ4n) is 7.24. The first-order chi connectivity index (χ1) is 24.8. The Morgan fingerprint density at radius 1 is 0.420 bits per heavy atom. The van der Waals surface area contributed by atoms with Gasteiger partial charge in [0.15, 0.2) is 0 Å². The number of benzene rings is 7. The number of aromatic nitrogens is 4. The molecule has 0 saturated heterocycles. The zero-order valence-electron chi connectivity index (χ0n) is 26.9. The predicted molar refractivity (Wildman–Crippen MR) is 203 cm³/mol. The van der Waals surface area contributed by atoms with Gasteiger partial charge in [0.2, 0.25) is 11.8 Å². The molecule has 0 amide bonds. The Morgan fingerprint density at radius 3 is 1.82 bits per heavy atom. The first-order valence-electron chi connectivity index (χ1n) is 16.7. The molecule has 10 aromatic rings. The fraction of sp³-hybridized carbons (Fsp3) is 0. The summed E-state index contributed by atoms with van der Waals surface area (Å²) >= 11 is 0. The number of para-hydroxylation sites is 3. The molecule has 0 aliphatic carbocycles. The maximum atomic E-state index is 6.01. The third-order valence-electron chi connectivity index (χ3n) is 9.56. The molecule has 0 saturated carbocycles. The van der Waals surface area contributed by atoms with Crippen LogP contribution in [0.25, 0.3) is 94.5 Å². The van der Waals surface area contributed by atoms with Gasteiger partial charge >= 0.3 is 0 Å². The van der Waals surface area contributed by atoms with E-state index in [-0.39, 0.29) is 0 Å². The number of hydrogen-bond acceptors (Lipinski definition) is 4. The van der Waals surface area contributed by atoms with Crippen molar-refractivity contribution in [2.24, 2.45) is 0 Å². The van der Waals surface area contributed by atoms with Crippen LogP contribution >= 0.6 is 0 Å². The summed E-state index contributed by atoms with van der Waals surface area (Å²) in [5, 5.41) is 14.5. The van der Waals surface area contributed by atoms with Gasteiger partial charge in [-0.15, -0.1) is 10.2 Å². The van der Waals surface area contributed by atoms with Crippen molar-refractivity contribution in [3.63, 3.8) is 0 Å². The lowest BCUT2D eigenvalue weighted by atomic mass is 9.95. The number of hydrogen-bond donors (Lipinski definition) is 0. The Balaban J connectivity index is 1.13. The van der Waals surface area contributed by atoms with Gasteiger partial charge in [0, 0.05) is 49.3 Å². The minimum absolute atomic E-state index is 0.496. The molecule has 234 valence electrons. The summed E-state index contributed by atoms with van der Waals surface area (Å²) in [6, 6.07) is 59.1. The van der Waals surface area contributed by atoms with E-state index < -0.39 is 0 Å². The molecule has 5 nitrogen and oxygen atoms in total. The van der Waals surface area contributed by atoms with Gasteiger partial charge in [0.1, 0.15) is 0 Å². The van der Waals surface area contributed by atoms with Gasteiger partial charge < -0.3 is 8.98 Å². The minimum atomic E-state index is 0.496. The van der Waals surface area contributed by atoms with Crippen molar-refractivity contribution in [3.8, 4) is 51.0 Å². The van der Waals surface area contributed by atoms with E-state index in [2.05, 4.69) is 142 Å². The molecular formula is C45H28N4O. The number of rotatable bonds is 5. The largest absolute Gasteiger partial charge is 0.416 e. The van der Waals surface area contributed by atoms with Gasteiger partial charge in [-0.05, 0) is 65.7 Å². The number of nitrogens with zero attached hydrogens (tertiary/aromatic N) is 4. The highest BCUT2D eigenvalue weighted by Crippen LogP contribution is 2.42. The summed E-state index contributed by atoms with van der Waals surface area (Å²) in [5.74, 6) is 1.00. The second-order valence-electron chi connectivity index (χ2n) is 12.5. The fourth-order valence-corrected chi connectivity index (χ4v) is 7.24. The van der Waals surface area contributed by atoms with E-state index in [4.69, 9.17) is 9.40 Å². The third-order valence-corrected chi connectivity index (χ3v) is 9.56. The zero-order valence-corrected chi connectivity index (χ0v) is 26.9. The van der Waals surface area contributed by atoms with Crippen molar-refractivity contribution in [3.05, 3.63) is 170 Å². The van der Waals surface area contributed by atoms with Crippen molar-refractivity contribution >= 4 is 43.5 Å². The standard InChI is InChI=1S/C45H28N4O/c1-3-12-30(13-4-1)44-47-48-45(50-44)31-24-22-29(23-25-31)32-14-11-15-33(28-32)42-38-27-26-36-35-18-8-10-21-40(35)49(34-16-5-2-6-17-34)43(36)41(38)37-19-7-9-20-39(37)46-42/h1-28H. The molecule has 0 N–H and O–H groups in total. The molecule has 0 aliphatic rings. The molecule has 7 aromatic carbocycles. The van der Waals surface area contributed by atoms with Crippen LogP contribution in [-0.4, -0.2) is 19.7 Å². The van der Waals surface area contributed by atoms with Gasteiger partial charge in [-0.1, -0.05) is 115 Å². The summed E-state index contributed by atoms with van der Waals surface area (Å²) in [6.07, 6.45) is 0. The van der Waals surface area contributed by atoms with Crippen LogP contribution in [0.15, 0.2) is 174 Å². The molecule has 0 fully saturated rings. The molecule has 5 heteroatoms. The van der Waals surface area contributed by atoms with Gasteiger partial charge in [0.25, 0.3) is 0 Å². The van der Waals surface area contributed by atoms with Crippen molar-refractivity contribution in [2.75, 3.05) is 0 Å². The molecule has 3 heterocycles. The van der Waals surface area contributed by atoms with Crippen molar-refractivity contribution < 1.29 is 4.42 Å². The monoisotopic (exact) mass is 640 g/mol. The molecular weight excluding hydrogens is 613 g/mol. The normalized spacial score (nSPS) is 11.6. The van der Waals surface area contributed by atoms with Crippen LogP contribution in [0, 0.1) is 0 Å². The Kier molecular flexibility index (Phi) is 6.42. The molecule has 10 rings (SSSR count). The van der Waals surface area contributed by atoms with E-state index in [1.54, 1.807) is 0 Å². The smallest absolute Gasteiger partial charge is 0.248 e. The minimum Gasteiger partial charge on any atom is -0.416 e. The maximum Gasteiger partial charge on any atom is 0.248 e. The Hall–Kier alpha value is -6.85. The molecule has 0 radical (unpaired) electrons. The van der Waals surface area contributed by atoms with Crippen molar-refractivity contribution in [1.29, 1.82) is 0 Å². The SMILES string of the molecule is c1ccc(-c2nnc(-c3ccc(-c4cccc(-c5nc6ccccc6c6c5ccc5c7ccccc7n(-c7ccccc7)c56)c4)cc3)o2)cc1. The highest BCUT2D eigenvalue weighted by atomic mass is 16.4. The Bertz CT molecular complexity index is 2850. The first kappa shape index (κ1) is 28.2. The summed E-state index contributed by atoms with van der Waals surface area (Å²) in [7, 11) is 0. The highest BCUT2D eigenvalue weighted by molar-refractivity contribution is 6.26. The van der Waals surface area contributed by atoms with Gasteiger partial charge in [-0.2, -0.15) is 0 Å². The predicted octanol–water partition coefficient (Wildman–Crippen LogP) is 11.5. The van der Waals surface area contributed by atoms with Crippen LogP contribution in [0.1, 0.15) is 0 Å². The van der Waals surface area contributed by atoms with E-state index in [1.807, 2.05) is 42.5 Å². The van der Waals surface area contributed by atoms with E-state index >= 15 is 0 Å². The van der Waals surface area contributed by atoms with Crippen molar-refractivity contribution in [2.45, 2.75) is 0 Å². The lowest BCUT2D eigenvalue weighted by molar-refractivity contribution is 0.584. The molecule has 50 heavy (non-hydrogen) atoms. The lowest BCUT2D eigenvalue weighted by Crippen LogP contribution is -1.96. The van der Waals surface area contributed by atoms with Crippen LogP contribution < -0.4 is 0 Å². The van der Waals surface area contributed by atoms with E-state index in [0.717, 1.165) is 55.5 Å². The van der Waals surface area contributed by atoms with E-state index in [0.29, 0.717) is 11.8 Å². The molecule has 0 unspecified atom stereocenters. The van der Waals surface area contributed by atoms with Gasteiger partial charge in [-0.25, -0.2) is 4.98 Å². The average molecular weight is 641 g/mol. The Labute approximate surface area is 287 Å². The quantitative estimate of drug-likeness (QED) is 0.176. The Morgan fingerprint density at radius 2 is 1.02 bits per heavy atom. The molecule has 0 aliphatic heterocycles. The third kappa shape index (κ3) is 4.52. The van der Waals surface area contributed by atoms with Crippen molar-refractivity contribution in [1.82, 2.24) is 19.7 Å². The molecule has 0 spiro atoms. The van der Waals surface area contributed by atoms with Crippen LogP contribution in [0.3, 0.4) is 0 Å². The summed E-state index contributed by atoms with van der Waals surface area (Å²) in [6.45, 7) is 0. The zero-order chi connectivity index (χ0) is 33.0. The molecule has 0 bridgehead atoms. The maximum absolute atomic E-state index is 6.01. The molecule has 3 aromatic heterocycles. The van der Waals surface area contributed by atoms with Crippen LogP contribution in [0.4, 0.5) is 0 Å². The first-order valence-corrected chi connectivity index (χ1v) is 16.7. The summed E-state index contributed by atoms with van der Waals surface area (Å²) in [5.41, 5.74) is 10.5. The summed E-state index contributed by atoms with van der Waals surface area (Å²) in [4.78, 5) is 5.32. The molecule has 0 atom stereocenters. The van der Waals surface area contributed by atoms with E-state index in [1.165, 1.54) is 27.2 Å². The second-order valence-corrected chi connectivity index (χ2v) is 12.5. The number of fused-ring (bicyclic) bond motifs is 7. The van der Waals surface area contributed by atoms with Crippen LogP contribution in [0.5, 0.6) is 0 Å². The lowest BCUT2D eigenvalue weighted by Gasteiger charge is -2.15. The average Bonchev–Trinajstić information content (AvgIpc) is 3.82. The van der Waals surface area contributed by atoms with Gasteiger partial charge in [0.05, 0.1) is 22.2 Å². The van der Waals surface area contributed by atoms with Gasteiger partial charge in [-0.3, -0.25) is 0 Å². The topological polar surface area (TPSA) is 56.7 Å².